The van der Waals surface area contributed by atoms with Crippen molar-refractivity contribution in [2.75, 3.05) is 53.0 Å². The van der Waals surface area contributed by atoms with Gasteiger partial charge in [-0.25, -0.2) is 4.98 Å². The smallest absolute Gasteiger partial charge is 0.194 e. The van der Waals surface area contributed by atoms with E-state index in [9.17, 15) is 0 Å². The van der Waals surface area contributed by atoms with Crippen LogP contribution in [0.4, 0.5) is 0 Å². The van der Waals surface area contributed by atoms with Gasteiger partial charge in [-0.1, -0.05) is 0 Å². The molecule has 1 aromatic heterocycles. The van der Waals surface area contributed by atoms with Crippen LogP contribution < -0.4 is 5.32 Å². The number of guanidine groups is 1. The minimum absolute atomic E-state index is 0.791. The number of aromatic nitrogens is 1. The summed E-state index contributed by atoms with van der Waals surface area (Å²) in [6.45, 7) is 11.6. The standard InChI is InChI=1S/C16H29N5OS/c1-4-17-16(20(3)12-15-13-23-14(2)19-15)18-6-5-7-21-8-10-22-11-9-21/h13H,4-12H2,1-3H3,(H,17,18). The van der Waals surface area contributed by atoms with E-state index in [2.05, 4.69) is 39.5 Å². The fraction of sp³-hybridized carbons (Fsp3) is 0.750. The normalized spacial score (nSPS) is 16.6. The van der Waals surface area contributed by atoms with Gasteiger partial charge in [0.15, 0.2) is 5.96 Å². The second-order valence-electron chi connectivity index (χ2n) is 5.76. The monoisotopic (exact) mass is 339 g/mol. The van der Waals surface area contributed by atoms with Crippen LogP contribution in [0.15, 0.2) is 10.4 Å². The van der Waals surface area contributed by atoms with E-state index in [-0.39, 0.29) is 0 Å². The van der Waals surface area contributed by atoms with E-state index in [0.29, 0.717) is 0 Å². The van der Waals surface area contributed by atoms with Gasteiger partial charge >= 0.3 is 0 Å². The third-order valence-electron chi connectivity index (χ3n) is 3.76. The first-order chi connectivity index (χ1) is 11.2. The Labute approximate surface area is 143 Å². The molecule has 7 heteroatoms. The van der Waals surface area contributed by atoms with Crippen LogP contribution in [0.1, 0.15) is 24.0 Å². The van der Waals surface area contributed by atoms with Gasteiger partial charge in [-0.05, 0) is 20.3 Å². The maximum Gasteiger partial charge on any atom is 0.194 e. The zero-order valence-electron chi connectivity index (χ0n) is 14.5. The molecule has 1 fully saturated rings. The van der Waals surface area contributed by atoms with Crippen molar-refractivity contribution in [2.24, 2.45) is 4.99 Å². The number of nitrogens with one attached hydrogen (secondary N) is 1. The van der Waals surface area contributed by atoms with Crippen molar-refractivity contribution >= 4 is 17.3 Å². The van der Waals surface area contributed by atoms with E-state index in [1.807, 2.05) is 6.92 Å². The van der Waals surface area contributed by atoms with Gasteiger partial charge in [0.25, 0.3) is 0 Å². The largest absolute Gasteiger partial charge is 0.379 e. The predicted molar refractivity (Wildman–Crippen MR) is 96.2 cm³/mol. The molecule has 2 rings (SSSR count). The molecule has 0 aromatic carbocycles. The SMILES string of the molecule is CCNC(=NCCCN1CCOCC1)N(C)Cc1csc(C)n1. The summed E-state index contributed by atoms with van der Waals surface area (Å²) in [6, 6.07) is 0. The number of hydrogen-bond donors (Lipinski definition) is 1. The fourth-order valence-corrected chi connectivity index (χ4v) is 3.18. The summed E-state index contributed by atoms with van der Waals surface area (Å²) in [4.78, 5) is 13.9. The summed E-state index contributed by atoms with van der Waals surface area (Å²) < 4.78 is 5.37. The van der Waals surface area contributed by atoms with Crippen LogP contribution in [0, 0.1) is 6.92 Å². The van der Waals surface area contributed by atoms with Gasteiger partial charge < -0.3 is 15.0 Å². The van der Waals surface area contributed by atoms with Gasteiger partial charge in [-0.3, -0.25) is 9.89 Å². The van der Waals surface area contributed by atoms with Crippen LogP contribution in [0.3, 0.4) is 0 Å². The lowest BCUT2D eigenvalue weighted by atomic mass is 10.3. The molecule has 1 saturated heterocycles. The molecular weight excluding hydrogens is 310 g/mol. The molecule has 0 amide bonds. The Balaban J connectivity index is 1.78. The third-order valence-corrected chi connectivity index (χ3v) is 4.58. The molecule has 2 heterocycles. The Bertz CT molecular complexity index is 485. The molecule has 1 aliphatic heterocycles. The zero-order valence-corrected chi connectivity index (χ0v) is 15.4. The Kier molecular flexibility index (Phi) is 7.78. The van der Waals surface area contributed by atoms with Crippen LogP contribution in [0.5, 0.6) is 0 Å². The number of rotatable bonds is 7. The first-order valence-electron chi connectivity index (χ1n) is 8.39. The summed E-state index contributed by atoms with van der Waals surface area (Å²) in [6.07, 6.45) is 1.08. The number of hydrogen-bond acceptors (Lipinski definition) is 5. The number of aryl methyl sites for hydroxylation is 1. The summed E-state index contributed by atoms with van der Waals surface area (Å²) in [5.41, 5.74) is 1.11. The molecular formula is C16H29N5OS. The molecule has 130 valence electrons. The van der Waals surface area contributed by atoms with Crippen LogP contribution in [0.2, 0.25) is 0 Å². The minimum atomic E-state index is 0.791. The van der Waals surface area contributed by atoms with E-state index in [1.54, 1.807) is 11.3 Å². The Morgan fingerprint density at radius 2 is 2.26 bits per heavy atom. The van der Waals surface area contributed by atoms with Crippen molar-refractivity contribution in [3.8, 4) is 0 Å². The Morgan fingerprint density at radius 1 is 1.48 bits per heavy atom. The molecule has 0 bridgehead atoms. The number of morpholine rings is 1. The number of ether oxygens (including phenoxy) is 1. The second-order valence-corrected chi connectivity index (χ2v) is 6.82. The third kappa shape index (κ3) is 6.45. The molecule has 0 radical (unpaired) electrons. The molecule has 0 aliphatic carbocycles. The van der Waals surface area contributed by atoms with Gasteiger partial charge in [-0.15, -0.1) is 11.3 Å². The molecule has 0 unspecified atom stereocenters. The van der Waals surface area contributed by atoms with Gasteiger partial charge in [0.1, 0.15) is 0 Å². The van der Waals surface area contributed by atoms with Gasteiger partial charge in [0.05, 0.1) is 30.5 Å². The first-order valence-corrected chi connectivity index (χ1v) is 9.27. The van der Waals surface area contributed by atoms with Crippen molar-refractivity contribution in [1.29, 1.82) is 0 Å². The van der Waals surface area contributed by atoms with E-state index < -0.39 is 0 Å². The highest BCUT2D eigenvalue weighted by atomic mass is 32.1. The number of nitrogens with zero attached hydrogens (tertiary/aromatic N) is 4. The zero-order chi connectivity index (χ0) is 16.5. The lowest BCUT2D eigenvalue weighted by Gasteiger charge is -2.26. The summed E-state index contributed by atoms with van der Waals surface area (Å²) >= 11 is 1.69. The van der Waals surface area contributed by atoms with Crippen LogP contribution in [-0.2, 0) is 11.3 Å². The highest BCUT2D eigenvalue weighted by molar-refractivity contribution is 7.09. The van der Waals surface area contributed by atoms with Crippen LogP contribution in [0.25, 0.3) is 0 Å². The fourth-order valence-electron chi connectivity index (χ4n) is 2.57. The maximum atomic E-state index is 5.37. The molecule has 0 saturated carbocycles. The van der Waals surface area contributed by atoms with Gasteiger partial charge in [0, 0.05) is 45.2 Å². The molecule has 1 aromatic rings. The topological polar surface area (TPSA) is 53.0 Å². The Hall–Kier alpha value is -1.18. The van der Waals surface area contributed by atoms with Crippen LogP contribution in [-0.4, -0.2) is 73.7 Å². The molecule has 23 heavy (non-hydrogen) atoms. The quantitative estimate of drug-likeness (QED) is 0.464. The summed E-state index contributed by atoms with van der Waals surface area (Å²) in [5, 5.41) is 6.60. The molecule has 0 atom stereocenters. The minimum Gasteiger partial charge on any atom is -0.379 e. The average Bonchev–Trinajstić information content (AvgIpc) is 2.96. The van der Waals surface area contributed by atoms with E-state index in [4.69, 9.17) is 9.73 Å². The van der Waals surface area contributed by atoms with Crippen molar-refractivity contribution in [3.05, 3.63) is 16.1 Å². The molecule has 1 aliphatic rings. The van der Waals surface area contributed by atoms with E-state index >= 15 is 0 Å². The average molecular weight is 340 g/mol. The number of thiazole rings is 1. The van der Waals surface area contributed by atoms with E-state index in [1.165, 1.54) is 0 Å². The van der Waals surface area contributed by atoms with Crippen molar-refractivity contribution in [3.63, 3.8) is 0 Å². The molecule has 0 spiro atoms. The molecule has 6 nitrogen and oxygen atoms in total. The molecule has 1 N–H and O–H groups in total. The Morgan fingerprint density at radius 3 is 2.91 bits per heavy atom. The van der Waals surface area contributed by atoms with Crippen molar-refractivity contribution < 1.29 is 4.74 Å². The van der Waals surface area contributed by atoms with Crippen LogP contribution >= 0.6 is 11.3 Å². The van der Waals surface area contributed by atoms with Crippen molar-refractivity contribution in [1.82, 2.24) is 20.1 Å². The number of aliphatic imine (C=N–C) groups is 1. The summed E-state index contributed by atoms with van der Waals surface area (Å²) in [5.74, 6) is 0.958. The predicted octanol–water partition coefficient (Wildman–Crippen LogP) is 1.57. The highest BCUT2D eigenvalue weighted by Crippen LogP contribution is 2.09. The van der Waals surface area contributed by atoms with Gasteiger partial charge in [-0.2, -0.15) is 0 Å². The lowest BCUT2D eigenvalue weighted by Crippen LogP contribution is -2.39. The van der Waals surface area contributed by atoms with E-state index in [0.717, 1.165) is 75.6 Å². The maximum absolute atomic E-state index is 5.37. The van der Waals surface area contributed by atoms with Gasteiger partial charge in [0.2, 0.25) is 0 Å². The second kappa shape index (κ2) is 9.85. The first kappa shape index (κ1) is 18.2. The lowest BCUT2D eigenvalue weighted by molar-refractivity contribution is 0.0377. The van der Waals surface area contributed by atoms with Crippen molar-refractivity contribution in [2.45, 2.75) is 26.8 Å². The summed E-state index contributed by atoms with van der Waals surface area (Å²) in [7, 11) is 2.07. The highest BCUT2D eigenvalue weighted by Gasteiger charge is 2.10.